The Kier molecular flexibility index (Phi) is 3.05. The molecule has 3 N–H and O–H groups in total. The van der Waals surface area contributed by atoms with E-state index in [0.717, 1.165) is 12.8 Å². The lowest BCUT2D eigenvalue weighted by Gasteiger charge is -2.33. The zero-order chi connectivity index (χ0) is 9.14. The maximum atomic E-state index is 11.1. The molecular formula is C8H15NO3. The summed E-state index contributed by atoms with van der Waals surface area (Å²) in [5.41, 5.74) is 0. The lowest BCUT2D eigenvalue weighted by atomic mass is 9.89. The molecule has 0 aromatic rings. The van der Waals surface area contributed by atoms with E-state index in [1.54, 1.807) is 6.92 Å². The molecule has 0 aliphatic heterocycles. The fourth-order valence-corrected chi connectivity index (χ4v) is 1.12. The van der Waals surface area contributed by atoms with Crippen LogP contribution in [-0.2, 0) is 4.79 Å². The Bertz CT molecular complexity index is 172. The molecule has 0 bridgehead atoms. The molecule has 1 rings (SSSR count). The number of rotatable bonds is 3. The van der Waals surface area contributed by atoms with Gasteiger partial charge >= 0.3 is 0 Å². The predicted molar refractivity (Wildman–Crippen MR) is 43.5 cm³/mol. The van der Waals surface area contributed by atoms with E-state index in [1.807, 2.05) is 0 Å². The Morgan fingerprint density at radius 3 is 2.67 bits per heavy atom. The molecule has 1 aliphatic carbocycles. The van der Waals surface area contributed by atoms with Crippen LogP contribution in [0.5, 0.6) is 0 Å². The maximum Gasteiger partial charge on any atom is 0.249 e. The van der Waals surface area contributed by atoms with Crippen LogP contribution in [0.2, 0.25) is 0 Å². The van der Waals surface area contributed by atoms with Gasteiger partial charge in [0.2, 0.25) is 5.91 Å². The fraction of sp³-hybridized carbons (Fsp3) is 0.875. The molecule has 0 radical (unpaired) electrons. The minimum atomic E-state index is -0.933. The third kappa shape index (κ3) is 1.95. The Balaban J connectivity index is 2.26. The first-order valence-corrected chi connectivity index (χ1v) is 4.31. The zero-order valence-electron chi connectivity index (χ0n) is 7.16. The first-order chi connectivity index (χ1) is 5.65. The number of aliphatic hydroxyl groups is 2. The van der Waals surface area contributed by atoms with Gasteiger partial charge in [0, 0.05) is 0 Å². The summed E-state index contributed by atoms with van der Waals surface area (Å²) in [4.78, 5) is 11.1. The van der Waals surface area contributed by atoms with Gasteiger partial charge in [0.1, 0.15) is 6.10 Å². The third-order valence-electron chi connectivity index (χ3n) is 2.25. The highest BCUT2D eigenvalue weighted by Crippen LogP contribution is 2.19. The molecule has 0 heterocycles. The minimum Gasteiger partial charge on any atom is -0.391 e. The number of aliphatic hydroxyl groups excluding tert-OH is 2. The van der Waals surface area contributed by atoms with Gasteiger partial charge < -0.3 is 15.5 Å². The first-order valence-electron chi connectivity index (χ1n) is 4.31. The summed E-state index contributed by atoms with van der Waals surface area (Å²) in [6, 6.07) is -0.140. The molecular weight excluding hydrogens is 158 g/mol. The fourth-order valence-electron chi connectivity index (χ4n) is 1.12. The number of hydrogen-bond acceptors (Lipinski definition) is 3. The quantitative estimate of drug-likeness (QED) is 0.533. The van der Waals surface area contributed by atoms with Gasteiger partial charge in [-0.3, -0.25) is 4.79 Å². The van der Waals surface area contributed by atoms with Crippen LogP contribution in [0.15, 0.2) is 0 Å². The van der Waals surface area contributed by atoms with E-state index in [9.17, 15) is 4.79 Å². The summed E-state index contributed by atoms with van der Waals surface area (Å²) in [5.74, 6) is -0.374. The van der Waals surface area contributed by atoms with Gasteiger partial charge in [-0.15, -0.1) is 0 Å². The topological polar surface area (TPSA) is 69.6 Å². The molecule has 1 aliphatic rings. The van der Waals surface area contributed by atoms with Crippen molar-refractivity contribution in [3.8, 4) is 0 Å². The largest absolute Gasteiger partial charge is 0.391 e. The number of carbonyl (C=O) groups excluding carboxylic acids is 1. The molecule has 0 aromatic heterocycles. The number of carbonyl (C=O) groups is 1. The van der Waals surface area contributed by atoms with Crippen LogP contribution in [0.25, 0.3) is 0 Å². The van der Waals surface area contributed by atoms with Crippen molar-refractivity contribution in [2.24, 2.45) is 0 Å². The van der Waals surface area contributed by atoms with Crippen molar-refractivity contribution in [1.82, 2.24) is 5.32 Å². The minimum absolute atomic E-state index is 0.140. The molecule has 12 heavy (non-hydrogen) atoms. The van der Waals surface area contributed by atoms with Gasteiger partial charge in [-0.25, -0.2) is 0 Å². The van der Waals surface area contributed by atoms with E-state index in [-0.39, 0.29) is 11.9 Å². The Morgan fingerprint density at radius 2 is 2.33 bits per heavy atom. The number of hydrogen-bond donors (Lipinski definition) is 3. The summed E-state index contributed by atoms with van der Waals surface area (Å²) in [7, 11) is 0. The average molecular weight is 173 g/mol. The molecule has 0 aromatic carbocycles. The van der Waals surface area contributed by atoms with Gasteiger partial charge in [-0.05, 0) is 19.3 Å². The molecule has 3 atom stereocenters. The smallest absolute Gasteiger partial charge is 0.249 e. The monoisotopic (exact) mass is 173 g/mol. The molecule has 1 amide bonds. The lowest BCUT2D eigenvalue weighted by Crippen LogP contribution is -2.52. The number of nitrogens with one attached hydrogen (secondary N) is 1. The van der Waals surface area contributed by atoms with Crippen LogP contribution >= 0.6 is 0 Å². The van der Waals surface area contributed by atoms with Crippen molar-refractivity contribution < 1.29 is 15.0 Å². The molecule has 1 fully saturated rings. The summed E-state index contributed by atoms with van der Waals surface area (Å²) in [6.45, 7) is 1.74. The maximum absolute atomic E-state index is 11.1. The highest BCUT2D eigenvalue weighted by molar-refractivity contribution is 5.80. The normalized spacial score (nSPS) is 30.6. The Hall–Kier alpha value is -0.610. The first kappa shape index (κ1) is 9.48. The van der Waals surface area contributed by atoms with Crippen LogP contribution in [0.4, 0.5) is 0 Å². The van der Waals surface area contributed by atoms with Gasteiger partial charge in [-0.1, -0.05) is 6.92 Å². The molecule has 4 nitrogen and oxygen atoms in total. The highest BCUT2D eigenvalue weighted by Gasteiger charge is 2.31. The van der Waals surface area contributed by atoms with E-state index < -0.39 is 12.2 Å². The Morgan fingerprint density at radius 1 is 1.67 bits per heavy atom. The molecule has 70 valence electrons. The standard InChI is InChI=1S/C8H15NO3/c1-2-6(10)8(12)9-5-3-4-7(5)11/h5-7,10-11H,2-4H2,1H3,(H,9,12)/t5-,6?,7-/m1/s1. The van der Waals surface area contributed by atoms with Crippen molar-refractivity contribution in [2.75, 3.05) is 0 Å². The van der Waals surface area contributed by atoms with E-state index in [4.69, 9.17) is 10.2 Å². The van der Waals surface area contributed by atoms with Crippen LogP contribution in [0.3, 0.4) is 0 Å². The third-order valence-corrected chi connectivity index (χ3v) is 2.25. The second-order valence-electron chi connectivity index (χ2n) is 3.18. The van der Waals surface area contributed by atoms with E-state index in [1.165, 1.54) is 0 Å². The molecule has 1 unspecified atom stereocenters. The summed E-state index contributed by atoms with van der Waals surface area (Å²) in [5, 5.41) is 20.8. The second-order valence-corrected chi connectivity index (χ2v) is 3.18. The van der Waals surface area contributed by atoms with Crippen LogP contribution < -0.4 is 5.32 Å². The zero-order valence-corrected chi connectivity index (χ0v) is 7.16. The number of amides is 1. The van der Waals surface area contributed by atoms with Crippen molar-refractivity contribution in [2.45, 2.75) is 44.4 Å². The van der Waals surface area contributed by atoms with Gasteiger partial charge in [0.15, 0.2) is 0 Å². The van der Waals surface area contributed by atoms with Crippen LogP contribution in [-0.4, -0.2) is 34.4 Å². The van der Waals surface area contributed by atoms with Gasteiger partial charge in [0.25, 0.3) is 0 Å². The van der Waals surface area contributed by atoms with Crippen LogP contribution in [0.1, 0.15) is 26.2 Å². The summed E-state index contributed by atoms with van der Waals surface area (Å²) >= 11 is 0. The highest BCUT2D eigenvalue weighted by atomic mass is 16.3. The SMILES string of the molecule is CCC(O)C(=O)N[C@@H]1CC[C@H]1O. The average Bonchev–Trinajstić information content (AvgIpc) is 2.09. The van der Waals surface area contributed by atoms with Crippen molar-refractivity contribution in [1.29, 1.82) is 0 Å². The predicted octanol–water partition coefficient (Wildman–Crippen LogP) is -0.603. The summed E-state index contributed by atoms with van der Waals surface area (Å²) < 4.78 is 0. The van der Waals surface area contributed by atoms with Crippen molar-refractivity contribution in [3.05, 3.63) is 0 Å². The van der Waals surface area contributed by atoms with Crippen LogP contribution in [0, 0.1) is 0 Å². The lowest BCUT2D eigenvalue weighted by molar-refractivity contribution is -0.132. The molecule has 0 spiro atoms. The Labute approximate surface area is 71.6 Å². The van der Waals surface area contributed by atoms with E-state index in [0.29, 0.717) is 6.42 Å². The van der Waals surface area contributed by atoms with Crippen molar-refractivity contribution in [3.63, 3.8) is 0 Å². The summed E-state index contributed by atoms with van der Waals surface area (Å²) in [6.07, 6.45) is 0.612. The molecule has 0 saturated heterocycles. The molecule has 4 heteroatoms. The second kappa shape index (κ2) is 3.87. The van der Waals surface area contributed by atoms with Gasteiger partial charge in [-0.2, -0.15) is 0 Å². The van der Waals surface area contributed by atoms with E-state index >= 15 is 0 Å². The van der Waals surface area contributed by atoms with Crippen molar-refractivity contribution >= 4 is 5.91 Å². The van der Waals surface area contributed by atoms with E-state index in [2.05, 4.69) is 5.32 Å². The van der Waals surface area contributed by atoms with Gasteiger partial charge in [0.05, 0.1) is 12.1 Å². The molecule has 1 saturated carbocycles.